The Morgan fingerprint density at radius 3 is 1.95 bits per heavy atom. The van der Waals surface area contributed by atoms with Gasteiger partial charge in [0.1, 0.15) is 5.75 Å². The second-order valence-electron chi connectivity index (χ2n) is 5.69. The van der Waals surface area contributed by atoms with E-state index >= 15 is 0 Å². The Morgan fingerprint density at radius 2 is 1.58 bits per heavy atom. The molecular weight excluding hydrogens is 236 g/mol. The predicted molar refractivity (Wildman–Crippen MR) is 81.2 cm³/mol. The molecule has 1 aromatic carbocycles. The van der Waals surface area contributed by atoms with Gasteiger partial charge in [-0.15, -0.1) is 0 Å². The van der Waals surface area contributed by atoms with E-state index in [1.807, 2.05) is 0 Å². The fourth-order valence-corrected chi connectivity index (χ4v) is 2.21. The minimum atomic E-state index is 0.182. The number of hydrogen-bond donors (Lipinski definition) is 1. The summed E-state index contributed by atoms with van der Waals surface area (Å²) in [5, 5.41) is 8.90. The maximum Gasteiger partial charge on any atom is 0.126 e. The first-order valence-electron chi connectivity index (χ1n) is 7.41. The highest BCUT2D eigenvalue weighted by Gasteiger charge is 2.16. The van der Waals surface area contributed by atoms with Crippen molar-refractivity contribution < 1.29 is 9.84 Å². The van der Waals surface area contributed by atoms with Gasteiger partial charge in [-0.05, 0) is 34.9 Å². The Bertz CT molecular complexity index is 365. The van der Waals surface area contributed by atoms with Gasteiger partial charge in [0.05, 0.1) is 6.61 Å². The number of aryl methyl sites for hydroxylation is 1. The Labute approximate surface area is 117 Å². The fraction of sp³-hybridized carbons (Fsp3) is 0.647. The van der Waals surface area contributed by atoms with E-state index in [9.17, 15) is 0 Å². The van der Waals surface area contributed by atoms with E-state index in [0.29, 0.717) is 24.9 Å². The topological polar surface area (TPSA) is 29.5 Å². The van der Waals surface area contributed by atoms with Gasteiger partial charge in [-0.25, -0.2) is 0 Å². The molecule has 1 rings (SSSR count). The highest BCUT2D eigenvalue weighted by molar-refractivity contribution is 5.48. The van der Waals surface area contributed by atoms with Gasteiger partial charge in [0, 0.05) is 13.0 Å². The smallest absolute Gasteiger partial charge is 0.126 e. The third-order valence-electron chi connectivity index (χ3n) is 3.41. The van der Waals surface area contributed by atoms with Crippen molar-refractivity contribution in [3.63, 3.8) is 0 Å². The van der Waals surface area contributed by atoms with Crippen molar-refractivity contribution in [2.45, 2.75) is 59.3 Å². The van der Waals surface area contributed by atoms with Crippen molar-refractivity contribution in [1.82, 2.24) is 0 Å². The van der Waals surface area contributed by atoms with Crippen LogP contribution in [-0.4, -0.2) is 18.3 Å². The van der Waals surface area contributed by atoms with Gasteiger partial charge in [-0.3, -0.25) is 0 Å². The molecule has 0 bridgehead atoms. The lowest BCUT2D eigenvalue weighted by Gasteiger charge is -2.21. The zero-order chi connectivity index (χ0) is 14.4. The number of rotatable bonds is 7. The molecule has 0 aliphatic heterocycles. The molecule has 1 aromatic rings. The Kier molecular flexibility index (Phi) is 6.36. The summed E-state index contributed by atoms with van der Waals surface area (Å²) in [4.78, 5) is 0. The minimum Gasteiger partial charge on any atom is -0.493 e. The van der Waals surface area contributed by atoms with E-state index in [4.69, 9.17) is 9.84 Å². The third kappa shape index (κ3) is 4.24. The van der Waals surface area contributed by atoms with Crippen molar-refractivity contribution in [1.29, 1.82) is 0 Å². The predicted octanol–water partition coefficient (Wildman–Crippen LogP) is 4.26. The molecule has 0 atom stereocenters. The lowest BCUT2D eigenvalue weighted by Crippen LogP contribution is -2.07. The monoisotopic (exact) mass is 264 g/mol. The van der Waals surface area contributed by atoms with Gasteiger partial charge >= 0.3 is 0 Å². The molecule has 108 valence electrons. The highest BCUT2D eigenvalue weighted by atomic mass is 16.5. The Hall–Kier alpha value is -1.02. The van der Waals surface area contributed by atoms with Crippen LogP contribution in [0.5, 0.6) is 5.75 Å². The van der Waals surface area contributed by atoms with Crippen LogP contribution in [-0.2, 0) is 6.42 Å². The van der Waals surface area contributed by atoms with Gasteiger partial charge < -0.3 is 9.84 Å². The largest absolute Gasteiger partial charge is 0.493 e. The van der Waals surface area contributed by atoms with Crippen molar-refractivity contribution >= 4 is 0 Å². The zero-order valence-corrected chi connectivity index (χ0v) is 13.0. The molecule has 0 saturated carbocycles. The van der Waals surface area contributed by atoms with E-state index in [1.165, 1.54) is 16.7 Å². The summed E-state index contributed by atoms with van der Waals surface area (Å²) in [6.45, 7) is 11.8. The minimum absolute atomic E-state index is 0.182. The van der Waals surface area contributed by atoms with E-state index in [-0.39, 0.29) is 6.61 Å². The van der Waals surface area contributed by atoms with Crippen molar-refractivity contribution in [3.8, 4) is 5.75 Å². The van der Waals surface area contributed by atoms with Crippen LogP contribution in [0.15, 0.2) is 12.1 Å². The van der Waals surface area contributed by atoms with Crippen LogP contribution in [0.3, 0.4) is 0 Å². The summed E-state index contributed by atoms with van der Waals surface area (Å²) in [6.07, 6.45) is 1.74. The van der Waals surface area contributed by atoms with Crippen LogP contribution in [0.2, 0.25) is 0 Å². The van der Waals surface area contributed by atoms with Crippen molar-refractivity contribution in [2.75, 3.05) is 13.2 Å². The molecule has 0 aliphatic rings. The van der Waals surface area contributed by atoms with Crippen LogP contribution >= 0.6 is 0 Å². The molecule has 19 heavy (non-hydrogen) atoms. The standard InChI is InChI=1S/C17H28O2/c1-6-14-10-15(12(2)3)17(19-9-7-8-18)16(11-14)13(4)5/h10-13,18H,6-9H2,1-5H3. The fourth-order valence-electron chi connectivity index (χ4n) is 2.21. The second kappa shape index (κ2) is 7.54. The number of aliphatic hydroxyl groups excluding tert-OH is 1. The van der Waals surface area contributed by atoms with Crippen molar-refractivity contribution in [3.05, 3.63) is 28.8 Å². The molecule has 0 aliphatic carbocycles. The molecule has 0 aromatic heterocycles. The molecule has 0 amide bonds. The molecule has 2 heteroatoms. The number of ether oxygens (including phenoxy) is 1. The van der Waals surface area contributed by atoms with E-state index < -0.39 is 0 Å². The van der Waals surface area contributed by atoms with Crippen LogP contribution in [0, 0.1) is 0 Å². The maximum absolute atomic E-state index is 8.90. The van der Waals surface area contributed by atoms with Gasteiger partial charge in [0.2, 0.25) is 0 Å². The lowest BCUT2D eigenvalue weighted by atomic mass is 9.91. The van der Waals surface area contributed by atoms with Crippen LogP contribution in [0.1, 0.15) is 69.6 Å². The summed E-state index contributed by atoms with van der Waals surface area (Å²) in [5.74, 6) is 1.94. The average Bonchev–Trinajstić information content (AvgIpc) is 2.38. The first kappa shape index (κ1) is 16.0. The maximum atomic E-state index is 8.90. The molecule has 0 fully saturated rings. The van der Waals surface area contributed by atoms with Gasteiger partial charge in [-0.1, -0.05) is 46.8 Å². The number of hydrogen-bond acceptors (Lipinski definition) is 2. The third-order valence-corrected chi connectivity index (χ3v) is 3.41. The van der Waals surface area contributed by atoms with Gasteiger partial charge in [0.25, 0.3) is 0 Å². The Morgan fingerprint density at radius 1 is 1.05 bits per heavy atom. The molecule has 0 radical (unpaired) electrons. The molecular formula is C17H28O2. The van der Waals surface area contributed by atoms with Gasteiger partial charge in [0.15, 0.2) is 0 Å². The summed E-state index contributed by atoms with van der Waals surface area (Å²) < 4.78 is 5.97. The SMILES string of the molecule is CCc1cc(C(C)C)c(OCCCO)c(C(C)C)c1. The van der Waals surface area contributed by atoms with E-state index in [2.05, 4.69) is 46.8 Å². The summed E-state index contributed by atoms with van der Waals surface area (Å²) in [7, 11) is 0. The molecule has 0 heterocycles. The number of aliphatic hydroxyl groups is 1. The molecule has 0 saturated heterocycles. The normalized spacial score (nSPS) is 11.4. The molecule has 2 nitrogen and oxygen atoms in total. The average molecular weight is 264 g/mol. The lowest BCUT2D eigenvalue weighted by molar-refractivity contribution is 0.231. The Balaban J connectivity index is 3.20. The first-order valence-corrected chi connectivity index (χ1v) is 7.41. The van der Waals surface area contributed by atoms with Crippen molar-refractivity contribution in [2.24, 2.45) is 0 Å². The van der Waals surface area contributed by atoms with Gasteiger partial charge in [-0.2, -0.15) is 0 Å². The van der Waals surface area contributed by atoms with Crippen LogP contribution < -0.4 is 4.74 Å². The van der Waals surface area contributed by atoms with Crippen LogP contribution in [0.4, 0.5) is 0 Å². The second-order valence-corrected chi connectivity index (χ2v) is 5.69. The quantitative estimate of drug-likeness (QED) is 0.746. The molecule has 0 unspecified atom stereocenters. The summed E-state index contributed by atoms with van der Waals surface area (Å²) >= 11 is 0. The summed E-state index contributed by atoms with van der Waals surface area (Å²) in [6, 6.07) is 4.54. The first-order chi connectivity index (χ1) is 9.01. The zero-order valence-electron chi connectivity index (χ0n) is 13.0. The highest BCUT2D eigenvalue weighted by Crippen LogP contribution is 2.36. The summed E-state index contributed by atoms with van der Waals surface area (Å²) in [5.41, 5.74) is 3.96. The number of benzene rings is 1. The van der Waals surface area contributed by atoms with Crippen LogP contribution in [0.25, 0.3) is 0 Å². The molecule has 1 N–H and O–H groups in total. The van der Waals surface area contributed by atoms with E-state index in [0.717, 1.165) is 12.2 Å². The molecule has 0 spiro atoms. The van der Waals surface area contributed by atoms with E-state index in [1.54, 1.807) is 0 Å².